The van der Waals surface area contributed by atoms with Crippen LogP contribution in [0, 0.1) is 0 Å². The van der Waals surface area contributed by atoms with E-state index in [1.54, 1.807) is 6.92 Å². The summed E-state index contributed by atoms with van der Waals surface area (Å²) < 4.78 is 0. The van der Waals surface area contributed by atoms with Gasteiger partial charge in [-0.25, -0.2) is 0 Å². The third kappa shape index (κ3) is 3.33. The molecule has 3 N–H and O–H groups in total. The Kier molecular flexibility index (Phi) is 3.49. The summed E-state index contributed by atoms with van der Waals surface area (Å²) in [4.78, 5) is 17.8. The van der Waals surface area contributed by atoms with E-state index in [2.05, 4.69) is 5.09 Å². The number of hydrogen-bond donors (Lipinski definition) is 3. The predicted molar refractivity (Wildman–Crippen MR) is 37.0 cm³/mol. The van der Waals surface area contributed by atoms with Crippen LogP contribution >= 0.6 is 7.87 Å². The maximum atomic E-state index is 8.91. The fourth-order valence-corrected chi connectivity index (χ4v) is 1.22. The molecule has 0 aliphatic rings. The third-order valence-electron chi connectivity index (χ3n) is 0.953. The van der Waals surface area contributed by atoms with Crippen LogP contribution in [-0.4, -0.2) is 22.5 Å². The van der Waals surface area contributed by atoms with Gasteiger partial charge in [-0.15, -0.1) is 0 Å². The molecule has 0 atom stereocenters. The topological polar surface area (TPSA) is 52.5 Å². The van der Waals surface area contributed by atoms with E-state index in [-0.39, 0.29) is 0 Å². The van der Waals surface area contributed by atoms with Crippen LogP contribution < -0.4 is 5.09 Å². The van der Waals surface area contributed by atoms with E-state index in [0.717, 1.165) is 0 Å². The van der Waals surface area contributed by atoms with Gasteiger partial charge < -0.3 is 0 Å². The summed E-state index contributed by atoms with van der Waals surface area (Å²) in [6.07, 6.45) is 0.445. The zero-order valence-electron chi connectivity index (χ0n) is 5.31. The van der Waals surface area contributed by atoms with Crippen LogP contribution in [0.25, 0.3) is 0 Å². The van der Waals surface area contributed by atoms with Crippen molar-refractivity contribution in [1.29, 1.82) is 0 Å². The standard InChI is InChI=1S/C4H14NO2P/c1-3-5-8(6,7)4-2/h5-8H,3-4H2,1-2H3. The summed E-state index contributed by atoms with van der Waals surface area (Å²) in [7, 11) is -2.93. The van der Waals surface area contributed by atoms with E-state index < -0.39 is 7.87 Å². The van der Waals surface area contributed by atoms with Gasteiger partial charge in [0.05, 0.1) is 0 Å². The summed E-state index contributed by atoms with van der Waals surface area (Å²) in [5.41, 5.74) is 0. The summed E-state index contributed by atoms with van der Waals surface area (Å²) in [5.74, 6) is 0. The second kappa shape index (κ2) is 3.36. The van der Waals surface area contributed by atoms with Crippen LogP contribution in [0.1, 0.15) is 13.8 Å². The Morgan fingerprint density at radius 1 is 1.38 bits per heavy atom. The van der Waals surface area contributed by atoms with Crippen molar-refractivity contribution in [1.82, 2.24) is 5.09 Å². The van der Waals surface area contributed by atoms with Crippen molar-refractivity contribution in [3.63, 3.8) is 0 Å². The molecule has 0 rings (SSSR count). The van der Waals surface area contributed by atoms with E-state index >= 15 is 0 Å². The van der Waals surface area contributed by atoms with Crippen LogP contribution in [0.3, 0.4) is 0 Å². The molecule has 0 saturated heterocycles. The molecule has 0 aliphatic carbocycles. The summed E-state index contributed by atoms with van der Waals surface area (Å²) in [6.45, 7) is 4.24. The zero-order valence-corrected chi connectivity index (χ0v) is 6.31. The Bertz CT molecular complexity index is 67.1. The molecule has 0 unspecified atom stereocenters. The Hall–Kier alpha value is 0.310. The normalized spacial score (nSPS) is 14.0. The third-order valence-corrected chi connectivity index (χ3v) is 2.86. The van der Waals surface area contributed by atoms with Gasteiger partial charge in [0, 0.05) is 0 Å². The van der Waals surface area contributed by atoms with Crippen LogP contribution in [0.2, 0.25) is 0 Å². The average molecular weight is 139 g/mol. The Labute approximate surface area is 50.3 Å². The van der Waals surface area contributed by atoms with Crippen molar-refractivity contribution in [3.8, 4) is 0 Å². The van der Waals surface area contributed by atoms with Crippen molar-refractivity contribution in [2.75, 3.05) is 12.7 Å². The molecular formula is C4H14NO2P. The molecule has 0 heterocycles. The number of hydrogen-bond acceptors (Lipinski definition) is 3. The van der Waals surface area contributed by atoms with Crippen LogP contribution in [-0.2, 0) is 0 Å². The van der Waals surface area contributed by atoms with Crippen molar-refractivity contribution in [2.24, 2.45) is 0 Å². The summed E-state index contributed by atoms with van der Waals surface area (Å²) in [5, 5.41) is 2.62. The minimum atomic E-state index is -2.93. The van der Waals surface area contributed by atoms with Crippen molar-refractivity contribution in [2.45, 2.75) is 13.8 Å². The maximum absolute atomic E-state index is 8.91. The molecule has 0 aromatic heterocycles. The van der Waals surface area contributed by atoms with E-state index in [9.17, 15) is 0 Å². The van der Waals surface area contributed by atoms with E-state index in [1.807, 2.05) is 6.92 Å². The average Bonchev–Trinajstić information content (AvgIpc) is 1.67. The fraction of sp³-hybridized carbons (Fsp3) is 1.00. The number of rotatable bonds is 3. The molecule has 0 aliphatic heterocycles. The van der Waals surface area contributed by atoms with E-state index in [1.165, 1.54) is 0 Å². The van der Waals surface area contributed by atoms with Gasteiger partial charge in [-0.2, -0.15) is 0 Å². The van der Waals surface area contributed by atoms with Gasteiger partial charge in [0.25, 0.3) is 0 Å². The molecular weight excluding hydrogens is 125 g/mol. The van der Waals surface area contributed by atoms with Crippen LogP contribution in [0.5, 0.6) is 0 Å². The first-order valence-electron chi connectivity index (χ1n) is 2.82. The second-order valence-corrected chi connectivity index (χ2v) is 4.39. The van der Waals surface area contributed by atoms with Crippen molar-refractivity contribution >= 4 is 7.87 Å². The molecule has 0 spiro atoms. The van der Waals surface area contributed by atoms with Crippen LogP contribution in [0.15, 0.2) is 0 Å². The molecule has 0 aromatic rings. The molecule has 0 fully saturated rings. The van der Waals surface area contributed by atoms with Gasteiger partial charge in [0.2, 0.25) is 0 Å². The van der Waals surface area contributed by atoms with Gasteiger partial charge in [-0.05, 0) is 0 Å². The summed E-state index contributed by atoms with van der Waals surface area (Å²) in [6, 6.07) is 0. The second-order valence-electron chi connectivity index (χ2n) is 1.70. The van der Waals surface area contributed by atoms with Gasteiger partial charge in [0.15, 0.2) is 0 Å². The Morgan fingerprint density at radius 3 is 2.00 bits per heavy atom. The monoisotopic (exact) mass is 139 g/mol. The quantitative estimate of drug-likeness (QED) is 0.486. The van der Waals surface area contributed by atoms with Crippen LogP contribution in [0.4, 0.5) is 0 Å². The molecule has 3 nitrogen and oxygen atoms in total. The van der Waals surface area contributed by atoms with Gasteiger partial charge in [-0.3, -0.25) is 0 Å². The molecule has 52 valence electrons. The first-order chi connectivity index (χ1) is 3.62. The first kappa shape index (κ1) is 8.31. The van der Waals surface area contributed by atoms with Crippen molar-refractivity contribution < 1.29 is 9.79 Å². The van der Waals surface area contributed by atoms with E-state index in [4.69, 9.17) is 9.79 Å². The van der Waals surface area contributed by atoms with Gasteiger partial charge >= 0.3 is 49.3 Å². The minimum absolute atomic E-state index is 0.445. The molecule has 4 heteroatoms. The summed E-state index contributed by atoms with van der Waals surface area (Å²) >= 11 is 0. The molecule has 0 aromatic carbocycles. The van der Waals surface area contributed by atoms with Gasteiger partial charge in [0.1, 0.15) is 0 Å². The molecule has 0 saturated carbocycles. The van der Waals surface area contributed by atoms with Crippen molar-refractivity contribution in [3.05, 3.63) is 0 Å². The number of nitrogens with one attached hydrogen (secondary N) is 1. The fourth-order valence-electron chi connectivity index (χ4n) is 0.408. The molecule has 0 amide bonds. The zero-order chi connectivity index (χ0) is 6.62. The Balaban J connectivity index is 3.37. The Morgan fingerprint density at radius 2 is 1.88 bits per heavy atom. The van der Waals surface area contributed by atoms with E-state index in [0.29, 0.717) is 12.7 Å². The molecule has 8 heavy (non-hydrogen) atoms. The first-order valence-corrected chi connectivity index (χ1v) is 4.92. The SMILES string of the molecule is CCN[PH](O)(O)CC. The molecule has 0 radical (unpaired) electrons. The van der Waals surface area contributed by atoms with Gasteiger partial charge in [-0.1, -0.05) is 0 Å². The molecule has 0 bridgehead atoms. The predicted octanol–water partition coefficient (Wildman–Crippen LogP) is 0.0953.